The summed E-state index contributed by atoms with van der Waals surface area (Å²) in [7, 11) is 0. The van der Waals surface area contributed by atoms with Crippen LogP contribution in [0.5, 0.6) is 0 Å². The van der Waals surface area contributed by atoms with E-state index in [0.29, 0.717) is 0 Å². The maximum Gasteiger partial charge on any atom is 0.241 e. The van der Waals surface area contributed by atoms with E-state index in [0.717, 1.165) is 0 Å². The van der Waals surface area contributed by atoms with Gasteiger partial charge >= 0.3 is 0 Å². The molecule has 0 fully saturated rings. The van der Waals surface area contributed by atoms with E-state index in [2.05, 4.69) is 9.98 Å². The summed E-state index contributed by atoms with van der Waals surface area (Å²) < 4.78 is 0. The van der Waals surface area contributed by atoms with Crippen LogP contribution in [0, 0.1) is 5.41 Å². The average Bonchev–Trinajstić information content (AvgIpc) is 1.86. The number of aliphatic imine (C=N–C) groups is 2. The van der Waals surface area contributed by atoms with Crippen molar-refractivity contribution >= 4 is 18.4 Å². The summed E-state index contributed by atoms with van der Waals surface area (Å²) in [6.07, 6.45) is 2.98. The van der Waals surface area contributed by atoms with Crippen LogP contribution in [0.15, 0.2) is 9.98 Å². The molecule has 1 N–H and O–H groups in total. The smallest absolute Gasteiger partial charge is 0.241 e. The first-order valence-electron chi connectivity index (χ1n) is 1.55. The first-order chi connectivity index (χ1) is 2.89. The molecular formula is C3H3N4. The second-order valence-electron chi connectivity index (χ2n) is 0.880. The molecule has 0 bridgehead atoms. The van der Waals surface area contributed by atoms with Gasteiger partial charge in [0, 0.05) is 18.6 Å². The molecule has 0 saturated heterocycles. The molecule has 1 rings (SSSR count). The van der Waals surface area contributed by atoms with Gasteiger partial charge in [-0.2, -0.15) is 0 Å². The first kappa shape index (κ1) is 5.97. The summed E-state index contributed by atoms with van der Waals surface area (Å²) in [5.41, 5.74) is 0. The monoisotopic (exact) mass is 95.0 g/mol. The van der Waals surface area contributed by atoms with Crippen LogP contribution in [0.25, 0.3) is 0 Å². The Morgan fingerprint density at radius 2 is 1.71 bits per heavy atom. The van der Waals surface area contributed by atoms with Gasteiger partial charge in [-0.1, -0.05) is 0 Å². The Balaban J connectivity index is 0.000000360. The van der Waals surface area contributed by atoms with Crippen molar-refractivity contribution in [1.29, 1.82) is 5.41 Å². The van der Waals surface area contributed by atoms with Crippen molar-refractivity contribution in [2.75, 3.05) is 0 Å². The molecule has 35 valence electrons. The zero-order valence-corrected chi connectivity index (χ0v) is 3.50. The minimum Gasteiger partial charge on any atom is -0.266 e. The quantitative estimate of drug-likeness (QED) is 0.424. The maximum atomic E-state index is 6.65. The minimum absolute atomic E-state index is 0. The Morgan fingerprint density at radius 3 is 1.86 bits per heavy atom. The molecule has 0 saturated carbocycles. The van der Waals surface area contributed by atoms with Crippen LogP contribution in [0.2, 0.25) is 0 Å². The molecule has 0 aromatic carbocycles. The van der Waals surface area contributed by atoms with Gasteiger partial charge in [-0.25, -0.2) is 9.98 Å². The summed E-state index contributed by atoms with van der Waals surface area (Å²) in [5, 5.41) is 6.65. The van der Waals surface area contributed by atoms with Gasteiger partial charge < -0.3 is 0 Å². The summed E-state index contributed by atoms with van der Waals surface area (Å²) in [6.45, 7) is 0. The van der Waals surface area contributed by atoms with Crippen LogP contribution in [-0.2, 0) is 0 Å². The second-order valence-corrected chi connectivity index (χ2v) is 0.880. The van der Waals surface area contributed by atoms with Crippen molar-refractivity contribution in [3.05, 3.63) is 0 Å². The molecule has 7 heavy (non-hydrogen) atoms. The Hall–Kier alpha value is -1.03. The highest BCUT2D eigenvalue weighted by molar-refractivity contribution is 6.25. The molecule has 0 atom stereocenters. The highest BCUT2D eigenvalue weighted by atomic mass is 15.0. The zero-order valence-electron chi connectivity index (χ0n) is 3.50. The van der Waals surface area contributed by atoms with Gasteiger partial charge in [0.2, 0.25) is 5.96 Å². The third kappa shape index (κ3) is 1.23. The zero-order chi connectivity index (χ0) is 4.41. The summed E-state index contributed by atoms with van der Waals surface area (Å²) in [6, 6.07) is 0. The number of hydrogen-bond donors (Lipinski definition) is 1. The fourth-order valence-electron chi connectivity index (χ4n) is 0.241. The van der Waals surface area contributed by atoms with Crippen molar-refractivity contribution in [2.45, 2.75) is 0 Å². The average molecular weight is 95.1 g/mol. The molecule has 1 heterocycles. The van der Waals surface area contributed by atoms with Crippen molar-refractivity contribution in [1.82, 2.24) is 6.15 Å². The standard InChI is InChI=1S/C3H3N3.N/c4-3-5-1-2-6-3;/h1-2,4H;. The van der Waals surface area contributed by atoms with Crippen LogP contribution in [0.4, 0.5) is 0 Å². The van der Waals surface area contributed by atoms with E-state index in [4.69, 9.17) is 5.41 Å². The molecule has 4 nitrogen and oxygen atoms in total. The Morgan fingerprint density at radius 1 is 1.29 bits per heavy atom. The van der Waals surface area contributed by atoms with E-state index >= 15 is 0 Å². The molecule has 0 aromatic heterocycles. The highest BCUT2D eigenvalue weighted by Gasteiger charge is 1.86. The van der Waals surface area contributed by atoms with Crippen molar-refractivity contribution in [3.8, 4) is 0 Å². The van der Waals surface area contributed by atoms with Gasteiger partial charge in [0.25, 0.3) is 0 Å². The maximum absolute atomic E-state index is 6.65. The number of nitrogens with zero attached hydrogens (tertiary/aromatic N) is 3. The van der Waals surface area contributed by atoms with Gasteiger partial charge in [-0.3, -0.25) is 5.41 Å². The van der Waals surface area contributed by atoms with Gasteiger partial charge in [-0.15, -0.1) is 0 Å². The molecule has 0 aromatic rings. The normalized spacial score (nSPS) is 14.6. The van der Waals surface area contributed by atoms with Crippen molar-refractivity contribution in [3.63, 3.8) is 0 Å². The minimum atomic E-state index is 0. The Labute approximate surface area is 41.1 Å². The van der Waals surface area contributed by atoms with E-state index in [-0.39, 0.29) is 12.1 Å². The Bertz CT molecular complexity index is 109. The van der Waals surface area contributed by atoms with E-state index < -0.39 is 0 Å². The lowest BCUT2D eigenvalue weighted by Gasteiger charge is -1.68. The SMILES string of the molecule is N=C1N=CC=N1.[N]. The number of rotatable bonds is 0. The van der Waals surface area contributed by atoms with Crippen molar-refractivity contribution in [2.24, 2.45) is 9.98 Å². The van der Waals surface area contributed by atoms with Crippen LogP contribution >= 0.6 is 0 Å². The lowest BCUT2D eigenvalue weighted by atomic mass is 10.9. The fraction of sp³-hybridized carbons (Fsp3) is 0. The lowest BCUT2D eigenvalue weighted by Crippen LogP contribution is -1.73. The molecule has 1 aliphatic heterocycles. The highest BCUT2D eigenvalue weighted by Crippen LogP contribution is 1.79. The lowest BCUT2D eigenvalue weighted by molar-refractivity contribution is 1.41. The fourth-order valence-corrected chi connectivity index (χ4v) is 0.241. The summed E-state index contributed by atoms with van der Waals surface area (Å²) in [5.74, 6) is 0.0926. The summed E-state index contributed by atoms with van der Waals surface area (Å²) in [4.78, 5) is 6.94. The molecule has 0 spiro atoms. The Kier molecular flexibility index (Phi) is 1.87. The van der Waals surface area contributed by atoms with Crippen LogP contribution in [0.3, 0.4) is 0 Å². The largest absolute Gasteiger partial charge is 0.266 e. The molecule has 1 aliphatic rings. The van der Waals surface area contributed by atoms with Gasteiger partial charge in [-0.05, 0) is 0 Å². The first-order valence-corrected chi connectivity index (χ1v) is 1.55. The van der Waals surface area contributed by atoms with Gasteiger partial charge in [0.15, 0.2) is 0 Å². The van der Waals surface area contributed by atoms with Crippen molar-refractivity contribution < 1.29 is 0 Å². The van der Waals surface area contributed by atoms with E-state index in [1.807, 2.05) is 0 Å². The molecule has 4 heteroatoms. The number of hydrogen-bond acceptors (Lipinski definition) is 1. The molecule has 0 amide bonds. The van der Waals surface area contributed by atoms with E-state index in [1.54, 1.807) is 0 Å². The molecular weight excluding hydrogens is 92.1 g/mol. The molecule has 0 unspecified atom stereocenters. The summed E-state index contributed by atoms with van der Waals surface area (Å²) >= 11 is 0. The number of guanidine groups is 1. The third-order valence-electron chi connectivity index (χ3n) is 0.460. The molecule has 0 aliphatic carbocycles. The number of nitrogens with one attached hydrogen (secondary N) is 1. The van der Waals surface area contributed by atoms with Gasteiger partial charge in [0.1, 0.15) is 0 Å². The van der Waals surface area contributed by atoms with Gasteiger partial charge in [0.05, 0.1) is 0 Å². The topological polar surface area (TPSA) is 79.1 Å². The van der Waals surface area contributed by atoms with Crippen LogP contribution in [-0.4, -0.2) is 18.4 Å². The predicted octanol–water partition coefficient (Wildman–Crippen LogP) is -0.404. The van der Waals surface area contributed by atoms with E-state index in [1.165, 1.54) is 12.4 Å². The third-order valence-corrected chi connectivity index (χ3v) is 0.460. The molecule has 3 radical (unpaired) electrons. The second kappa shape index (κ2) is 2.20. The van der Waals surface area contributed by atoms with Crippen LogP contribution in [0.1, 0.15) is 0 Å². The van der Waals surface area contributed by atoms with E-state index in [9.17, 15) is 0 Å². The predicted molar refractivity (Wildman–Crippen MR) is 26.8 cm³/mol. The van der Waals surface area contributed by atoms with Crippen LogP contribution < -0.4 is 6.15 Å².